The van der Waals surface area contributed by atoms with Crippen molar-refractivity contribution in [3.8, 4) is 5.75 Å². The maximum Gasteiger partial charge on any atom is 0.433 e. The number of amides is 2. The van der Waals surface area contributed by atoms with Crippen molar-refractivity contribution in [3.05, 3.63) is 59.1 Å². The number of hydrogen-bond acceptors (Lipinski definition) is 5. The highest BCUT2D eigenvalue weighted by molar-refractivity contribution is 6.08. The van der Waals surface area contributed by atoms with Gasteiger partial charge in [0.05, 0.1) is 5.56 Å². The second kappa shape index (κ2) is 7.93. The Balaban J connectivity index is 1.58. The van der Waals surface area contributed by atoms with E-state index in [1.54, 1.807) is 19.1 Å². The van der Waals surface area contributed by atoms with Gasteiger partial charge in [0.1, 0.15) is 29.7 Å². The van der Waals surface area contributed by atoms with Crippen LogP contribution in [0.5, 0.6) is 5.75 Å². The molecule has 0 bridgehead atoms. The van der Waals surface area contributed by atoms with Gasteiger partial charge >= 0.3 is 6.18 Å². The third kappa shape index (κ3) is 4.18. The van der Waals surface area contributed by atoms with Crippen LogP contribution < -0.4 is 15.4 Å². The molecule has 31 heavy (non-hydrogen) atoms. The van der Waals surface area contributed by atoms with Gasteiger partial charge in [-0.15, -0.1) is 0 Å². The van der Waals surface area contributed by atoms with E-state index in [2.05, 4.69) is 15.6 Å². The number of halogens is 3. The van der Waals surface area contributed by atoms with Gasteiger partial charge in [-0.1, -0.05) is 6.07 Å². The summed E-state index contributed by atoms with van der Waals surface area (Å²) >= 11 is 0. The topological polar surface area (TPSA) is 93.5 Å². The molecule has 1 unspecified atom stereocenters. The fourth-order valence-electron chi connectivity index (χ4n) is 3.50. The Labute approximate surface area is 174 Å². The Morgan fingerprint density at radius 3 is 2.87 bits per heavy atom. The van der Waals surface area contributed by atoms with Gasteiger partial charge in [-0.05, 0) is 37.6 Å². The molecule has 2 N–H and O–H groups in total. The summed E-state index contributed by atoms with van der Waals surface area (Å²) in [5.74, 6) is -0.102. The second-order valence-corrected chi connectivity index (χ2v) is 7.09. The molecular weight excluding hydrogens is 415 g/mol. The minimum absolute atomic E-state index is 0.108. The van der Waals surface area contributed by atoms with Gasteiger partial charge in [-0.25, -0.2) is 0 Å². The lowest BCUT2D eigenvalue weighted by Crippen LogP contribution is -2.40. The zero-order valence-corrected chi connectivity index (χ0v) is 16.4. The third-order valence-corrected chi connectivity index (χ3v) is 4.97. The highest BCUT2D eigenvalue weighted by Crippen LogP contribution is 2.32. The first kappa shape index (κ1) is 20.7. The molecule has 162 valence electrons. The molecule has 0 radical (unpaired) electrons. The van der Waals surface area contributed by atoms with Crippen molar-refractivity contribution >= 4 is 22.8 Å². The number of rotatable bonds is 5. The number of carbonyl (C=O) groups excluding carboxylic acids is 2. The van der Waals surface area contributed by atoms with Crippen LogP contribution in [-0.2, 0) is 17.6 Å². The van der Waals surface area contributed by atoms with Crippen LogP contribution in [0.25, 0.3) is 11.0 Å². The lowest BCUT2D eigenvalue weighted by atomic mass is 10.1. The summed E-state index contributed by atoms with van der Waals surface area (Å²) in [6.07, 6.45) is -3.04. The Morgan fingerprint density at radius 2 is 2.16 bits per heavy atom. The van der Waals surface area contributed by atoms with Crippen LogP contribution in [0.15, 0.2) is 40.9 Å². The number of aromatic nitrogens is 1. The van der Waals surface area contributed by atoms with E-state index in [0.29, 0.717) is 29.7 Å². The Hall–Kier alpha value is -3.56. The first-order valence-corrected chi connectivity index (χ1v) is 9.49. The van der Waals surface area contributed by atoms with Crippen molar-refractivity contribution in [1.82, 2.24) is 15.6 Å². The quantitative estimate of drug-likeness (QED) is 0.644. The number of benzene rings is 1. The van der Waals surface area contributed by atoms with Crippen LogP contribution in [0.1, 0.15) is 33.8 Å². The van der Waals surface area contributed by atoms with E-state index in [4.69, 9.17) is 9.15 Å². The lowest BCUT2D eigenvalue weighted by molar-refractivity contribution is -0.142. The Morgan fingerprint density at radius 1 is 1.35 bits per heavy atom. The summed E-state index contributed by atoms with van der Waals surface area (Å²) in [4.78, 5) is 27.9. The van der Waals surface area contributed by atoms with E-state index >= 15 is 0 Å². The zero-order chi connectivity index (χ0) is 22.2. The van der Waals surface area contributed by atoms with Gasteiger partial charge < -0.3 is 19.8 Å². The van der Waals surface area contributed by atoms with E-state index in [-0.39, 0.29) is 29.4 Å². The summed E-state index contributed by atoms with van der Waals surface area (Å²) < 4.78 is 50.5. The number of aryl methyl sites for hydroxylation is 1. The Bertz CT molecular complexity index is 1160. The largest absolute Gasteiger partial charge is 0.489 e. The highest BCUT2D eigenvalue weighted by Gasteiger charge is 2.35. The van der Waals surface area contributed by atoms with Crippen molar-refractivity contribution in [2.45, 2.75) is 32.2 Å². The van der Waals surface area contributed by atoms with Crippen molar-refractivity contribution < 1.29 is 31.9 Å². The molecule has 7 nitrogen and oxygen atoms in total. The predicted molar refractivity (Wildman–Crippen MR) is 103 cm³/mol. The van der Waals surface area contributed by atoms with Crippen LogP contribution in [-0.4, -0.2) is 29.4 Å². The van der Waals surface area contributed by atoms with E-state index in [1.165, 1.54) is 18.2 Å². The zero-order valence-electron chi connectivity index (χ0n) is 16.4. The molecule has 1 aliphatic heterocycles. The van der Waals surface area contributed by atoms with Crippen LogP contribution in [0, 0.1) is 6.92 Å². The molecule has 1 aliphatic rings. The fourth-order valence-corrected chi connectivity index (χ4v) is 3.50. The average Bonchev–Trinajstić information content (AvgIpc) is 3.27. The molecule has 1 aromatic carbocycles. The number of alkyl halides is 3. The third-order valence-electron chi connectivity index (χ3n) is 4.97. The molecule has 0 saturated carbocycles. The molecule has 0 aliphatic carbocycles. The number of hydrogen-bond donors (Lipinski definition) is 2. The van der Waals surface area contributed by atoms with Crippen molar-refractivity contribution in [2.24, 2.45) is 0 Å². The SMILES string of the molecule is Cc1oc2ccc(OCc3cccnc3C(F)(F)F)cc2c1C(=O)NC1CCNC1=O. The number of ether oxygens (including phenoxy) is 1. The molecule has 2 amide bonds. The fraction of sp³-hybridized carbons (Fsp3) is 0.286. The van der Waals surface area contributed by atoms with Crippen molar-refractivity contribution in [1.29, 1.82) is 0 Å². The van der Waals surface area contributed by atoms with Crippen LogP contribution >= 0.6 is 0 Å². The molecule has 2 aromatic heterocycles. The van der Waals surface area contributed by atoms with Crippen LogP contribution in [0.2, 0.25) is 0 Å². The maximum absolute atomic E-state index is 13.1. The number of furan rings is 1. The predicted octanol–water partition coefficient (Wildman–Crippen LogP) is 3.35. The minimum atomic E-state index is -4.59. The van der Waals surface area contributed by atoms with E-state index < -0.39 is 23.8 Å². The van der Waals surface area contributed by atoms with Gasteiger partial charge in [0.25, 0.3) is 5.91 Å². The first-order valence-electron chi connectivity index (χ1n) is 9.49. The lowest BCUT2D eigenvalue weighted by Gasteiger charge is -2.12. The molecule has 1 atom stereocenters. The van der Waals surface area contributed by atoms with Gasteiger partial charge in [0.2, 0.25) is 5.91 Å². The summed E-state index contributed by atoms with van der Waals surface area (Å²) in [5.41, 5.74) is -0.449. The van der Waals surface area contributed by atoms with E-state index in [0.717, 1.165) is 6.20 Å². The van der Waals surface area contributed by atoms with Crippen molar-refractivity contribution in [2.75, 3.05) is 6.54 Å². The smallest absolute Gasteiger partial charge is 0.433 e. The number of nitrogens with zero attached hydrogens (tertiary/aromatic N) is 1. The van der Waals surface area contributed by atoms with E-state index in [9.17, 15) is 22.8 Å². The van der Waals surface area contributed by atoms with Gasteiger partial charge in [0, 0.05) is 23.7 Å². The molecule has 10 heteroatoms. The molecule has 1 saturated heterocycles. The molecule has 1 fully saturated rings. The normalized spacial score (nSPS) is 16.4. The van der Waals surface area contributed by atoms with Crippen LogP contribution in [0.3, 0.4) is 0 Å². The molecule has 3 heterocycles. The van der Waals surface area contributed by atoms with Crippen molar-refractivity contribution in [3.63, 3.8) is 0 Å². The average molecular weight is 433 g/mol. The maximum atomic E-state index is 13.1. The molecule has 3 aromatic rings. The summed E-state index contributed by atoms with van der Waals surface area (Å²) in [5, 5.41) is 5.76. The monoisotopic (exact) mass is 433 g/mol. The Kier molecular flexibility index (Phi) is 5.30. The highest BCUT2D eigenvalue weighted by atomic mass is 19.4. The van der Waals surface area contributed by atoms with Gasteiger partial charge in [-0.3, -0.25) is 14.6 Å². The standard InChI is InChI=1S/C21H18F3N3O4/c1-11-17(20(29)27-15-6-8-26-19(15)28)14-9-13(4-5-16(14)31-11)30-10-12-3-2-7-25-18(12)21(22,23)24/h2-5,7,9,15H,6,8,10H2,1H3,(H,26,28)(H,27,29). The molecule has 4 rings (SSSR count). The second-order valence-electron chi connectivity index (χ2n) is 7.09. The minimum Gasteiger partial charge on any atom is -0.489 e. The number of fused-ring (bicyclic) bond motifs is 1. The summed E-state index contributed by atoms with van der Waals surface area (Å²) in [6, 6.07) is 6.72. The summed E-state index contributed by atoms with van der Waals surface area (Å²) in [6.45, 7) is 1.76. The number of pyridine rings is 1. The number of carbonyl (C=O) groups is 2. The molecular formula is C21H18F3N3O4. The van der Waals surface area contributed by atoms with E-state index in [1.807, 2.05) is 0 Å². The summed E-state index contributed by atoms with van der Waals surface area (Å²) in [7, 11) is 0. The van der Waals surface area contributed by atoms with Gasteiger partial charge in [-0.2, -0.15) is 13.2 Å². The number of nitrogens with one attached hydrogen (secondary N) is 2. The van der Waals surface area contributed by atoms with Crippen LogP contribution in [0.4, 0.5) is 13.2 Å². The van der Waals surface area contributed by atoms with Gasteiger partial charge in [0.15, 0.2) is 5.69 Å². The molecule has 0 spiro atoms. The first-order chi connectivity index (χ1) is 14.7.